The number of amides is 2. The van der Waals surface area contributed by atoms with Crippen LogP contribution < -0.4 is 4.74 Å². The van der Waals surface area contributed by atoms with E-state index in [4.69, 9.17) is 16.3 Å². The second-order valence-electron chi connectivity index (χ2n) is 6.85. The highest BCUT2D eigenvalue weighted by molar-refractivity contribution is 9.10. The Bertz CT molecular complexity index is 1160. The van der Waals surface area contributed by atoms with Crippen molar-refractivity contribution in [1.82, 2.24) is 4.90 Å². The highest BCUT2D eigenvalue weighted by Crippen LogP contribution is 2.34. The molecule has 1 aliphatic rings. The fourth-order valence-electron chi connectivity index (χ4n) is 3.03. The first kappa shape index (κ1) is 21.7. The van der Waals surface area contributed by atoms with Crippen LogP contribution in [0.4, 0.5) is 4.79 Å². The van der Waals surface area contributed by atoms with E-state index in [-0.39, 0.29) is 17.7 Å². The number of benzene rings is 3. The maximum absolute atomic E-state index is 12.8. The Balaban J connectivity index is 1.46. The molecule has 4 rings (SSSR count). The van der Waals surface area contributed by atoms with Gasteiger partial charge in [0, 0.05) is 15.1 Å². The molecule has 3 aromatic carbocycles. The van der Waals surface area contributed by atoms with Crippen molar-refractivity contribution in [2.75, 3.05) is 0 Å². The van der Waals surface area contributed by atoms with Gasteiger partial charge >= 0.3 is 0 Å². The predicted molar refractivity (Wildman–Crippen MR) is 128 cm³/mol. The van der Waals surface area contributed by atoms with Crippen LogP contribution in [0.3, 0.4) is 0 Å². The van der Waals surface area contributed by atoms with Gasteiger partial charge in [0.1, 0.15) is 12.4 Å². The lowest BCUT2D eigenvalue weighted by atomic mass is 10.2. The molecule has 0 saturated carbocycles. The molecule has 0 atom stereocenters. The summed E-state index contributed by atoms with van der Waals surface area (Å²) in [5, 5.41) is 0.378. The number of carbonyl (C=O) groups excluding carboxylic acids is 2. The molecule has 0 bridgehead atoms. The Labute approximate surface area is 198 Å². The van der Waals surface area contributed by atoms with Crippen LogP contribution in [-0.2, 0) is 17.9 Å². The normalized spacial score (nSPS) is 15.0. The van der Waals surface area contributed by atoms with E-state index in [0.717, 1.165) is 32.9 Å². The molecule has 1 aliphatic heterocycles. The SMILES string of the molecule is O=C1S/C(=C/c2cccc(OCc3ccccc3Cl)c2)C(=O)N1Cc1ccc(Br)cc1. The molecule has 31 heavy (non-hydrogen) atoms. The monoisotopic (exact) mass is 513 g/mol. The molecule has 4 nitrogen and oxygen atoms in total. The van der Waals surface area contributed by atoms with Crippen molar-refractivity contribution < 1.29 is 14.3 Å². The van der Waals surface area contributed by atoms with Crippen molar-refractivity contribution in [3.8, 4) is 5.75 Å². The molecular formula is C24H17BrClNO3S. The molecule has 7 heteroatoms. The van der Waals surface area contributed by atoms with Crippen LogP contribution in [0.2, 0.25) is 5.02 Å². The summed E-state index contributed by atoms with van der Waals surface area (Å²) in [5.74, 6) is 0.364. The van der Waals surface area contributed by atoms with Gasteiger partial charge in [0.2, 0.25) is 0 Å². The summed E-state index contributed by atoms with van der Waals surface area (Å²) in [7, 11) is 0. The van der Waals surface area contributed by atoms with Gasteiger partial charge in [-0.05, 0) is 59.3 Å². The minimum Gasteiger partial charge on any atom is -0.489 e. The lowest BCUT2D eigenvalue weighted by molar-refractivity contribution is -0.123. The number of hydrogen-bond donors (Lipinski definition) is 0. The number of carbonyl (C=O) groups is 2. The molecular weight excluding hydrogens is 498 g/mol. The van der Waals surface area contributed by atoms with E-state index in [1.54, 1.807) is 6.08 Å². The van der Waals surface area contributed by atoms with Crippen LogP contribution in [0, 0.1) is 0 Å². The molecule has 1 heterocycles. The van der Waals surface area contributed by atoms with E-state index in [0.29, 0.717) is 22.3 Å². The first-order valence-electron chi connectivity index (χ1n) is 9.46. The zero-order valence-corrected chi connectivity index (χ0v) is 19.4. The van der Waals surface area contributed by atoms with Crippen LogP contribution in [-0.4, -0.2) is 16.0 Å². The number of halogens is 2. The average molecular weight is 515 g/mol. The smallest absolute Gasteiger partial charge is 0.293 e. The Morgan fingerprint density at radius 2 is 1.77 bits per heavy atom. The molecule has 0 aliphatic carbocycles. The second-order valence-corrected chi connectivity index (χ2v) is 9.16. The first-order chi connectivity index (χ1) is 15.0. The van der Waals surface area contributed by atoms with Crippen molar-refractivity contribution in [2.45, 2.75) is 13.2 Å². The van der Waals surface area contributed by atoms with Crippen LogP contribution >= 0.6 is 39.3 Å². The zero-order chi connectivity index (χ0) is 21.8. The minimum atomic E-state index is -0.291. The van der Waals surface area contributed by atoms with Gasteiger partial charge in [-0.1, -0.05) is 70.0 Å². The summed E-state index contributed by atoms with van der Waals surface area (Å²) < 4.78 is 6.80. The molecule has 0 aromatic heterocycles. The van der Waals surface area contributed by atoms with Gasteiger partial charge < -0.3 is 4.74 Å². The van der Waals surface area contributed by atoms with Crippen molar-refractivity contribution in [3.05, 3.63) is 104 Å². The lowest BCUT2D eigenvalue weighted by Gasteiger charge is -2.12. The van der Waals surface area contributed by atoms with E-state index < -0.39 is 0 Å². The third-order valence-corrected chi connectivity index (χ3v) is 6.44. The number of rotatable bonds is 6. The van der Waals surface area contributed by atoms with E-state index in [1.165, 1.54) is 4.90 Å². The van der Waals surface area contributed by atoms with Gasteiger partial charge in [-0.25, -0.2) is 0 Å². The molecule has 0 unspecified atom stereocenters. The summed E-state index contributed by atoms with van der Waals surface area (Å²) in [6, 6.07) is 22.4. The van der Waals surface area contributed by atoms with Gasteiger partial charge in [0.15, 0.2) is 0 Å². The van der Waals surface area contributed by atoms with E-state index >= 15 is 0 Å². The summed E-state index contributed by atoms with van der Waals surface area (Å²) >= 11 is 10.5. The predicted octanol–water partition coefficient (Wildman–Crippen LogP) is 6.92. The van der Waals surface area contributed by atoms with Gasteiger partial charge in [0.05, 0.1) is 11.4 Å². The zero-order valence-electron chi connectivity index (χ0n) is 16.3. The molecule has 0 spiro atoms. The number of thioether (sulfide) groups is 1. The van der Waals surface area contributed by atoms with Crippen molar-refractivity contribution in [1.29, 1.82) is 0 Å². The van der Waals surface area contributed by atoms with E-state index in [9.17, 15) is 9.59 Å². The molecule has 1 fully saturated rings. The largest absolute Gasteiger partial charge is 0.489 e. The van der Waals surface area contributed by atoms with Crippen LogP contribution in [0.1, 0.15) is 16.7 Å². The highest BCUT2D eigenvalue weighted by Gasteiger charge is 2.34. The molecule has 2 amide bonds. The topological polar surface area (TPSA) is 46.6 Å². The fourth-order valence-corrected chi connectivity index (χ4v) is 4.32. The fraction of sp³-hybridized carbons (Fsp3) is 0.0833. The third kappa shape index (κ3) is 5.39. The number of imide groups is 1. The van der Waals surface area contributed by atoms with Crippen molar-refractivity contribution in [3.63, 3.8) is 0 Å². The van der Waals surface area contributed by atoms with Crippen molar-refractivity contribution >= 4 is 56.5 Å². The van der Waals surface area contributed by atoms with Crippen LogP contribution in [0.25, 0.3) is 6.08 Å². The third-order valence-electron chi connectivity index (χ3n) is 4.64. The number of hydrogen-bond acceptors (Lipinski definition) is 4. The quantitative estimate of drug-likeness (QED) is 0.335. The van der Waals surface area contributed by atoms with Crippen molar-refractivity contribution in [2.24, 2.45) is 0 Å². The Morgan fingerprint density at radius 3 is 2.55 bits per heavy atom. The summed E-state index contributed by atoms with van der Waals surface area (Å²) in [6.45, 7) is 0.586. The molecule has 156 valence electrons. The average Bonchev–Trinajstić information content (AvgIpc) is 3.02. The molecule has 0 radical (unpaired) electrons. The van der Waals surface area contributed by atoms with Gasteiger partial charge in [-0.15, -0.1) is 0 Å². The van der Waals surface area contributed by atoms with E-state index in [2.05, 4.69) is 15.9 Å². The molecule has 1 saturated heterocycles. The maximum Gasteiger partial charge on any atom is 0.293 e. The summed E-state index contributed by atoms with van der Waals surface area (Å²) in [4.78, 5) is 26.8. The number of nitrogens with zero attached hydrogens (tertiary/aromatic N) is 1. The van der Waals surface area contributed by atoms with Gasteiger partial charge in [-0.2, -0.15) is 0 Å². The Morgan fingerprint density at radius 1 is 1.00 bits per heavy atom. The minimum absolute atomic E-state index is 0.246. The second kappa shape index (κ2) is 9.73. The Hall–Kier alpha value is -2.54. The summed E-state index contributed by atoms with van der Waals surface area (Å²) in [6.07, 6.45) is 1.72. The molecule has 0 N–H and O–H groups in total. The standard InChI is InChI=1S/C24H17BrClNO3S/c25-19-10-8-16(9-11-19)14-27-23(28)22(31-24(27)29)13-17-4-3-6-20(12-17)30-15-18-5-1-2-7-21(18)26/h1-13H,14-15H2/b22-13+. The number of ether oxygens (including phenoxy) is 1. The highest BCUT2D eigenvalue weighted by atomic mass is 79.9. The van der Waals surface area contributed by atoms with Crippen LogP contribution in [0.15, 0.2) is 82.2 Å². The van der Waals surface area contributed by atoms with Gasteiger partial charge in [0.25, 0.3) is 11.1 Å². The summed E-state index contributed by atoms with van der Waals surface area (Å²) in [5.41, 5.74) is 2.57. The lowest BCUT2D eigenvalue weighted by Crippen LogP contribution is -2.27. The van der Waals surface area contributed by atoms with Crippen LogP contribution in [0.5, 0.6) is 5.75 Å². The van der Waals surface area contributed by atoms with E-state index in [1.807, 2.05) is 72.8 Å². The first-order valence-corrected chi connectivity index (χ1v) is 11.4. The maximum atomic E-state index is 12.8. The molecule has 3 aromatic rings. The Kier molecular flexibility index (Phi) is 6.80. The van der Waals surface area contributed by atoms with Gasteiger partial charge in [-0.3, -0.25) is 14.5 Å².